The molecule has 2 N–H and O–H groups in total. The number of thioether (sulfide) groups is 1. The molecule has 0 saturated heterocycles. The lowest BCUT2D eigenvalue weighted by Crippen LogP contribution is -2.11. The number of hydrogen-bond donors (Lipinski definition) is 1. The lowest BCUT2D eigenvalue weighted by Gasteiger charge is -2.04. The summed E-state index contributed by atoms with van der Waals surface area (Å²) in [7, 11) is 1.68. The Kier molecular flexibility index (Phi) is 6.69. The van der Waals surface area contributed by atoms with Gasteiger partial charge in [0, 0.05) is 23.1 Å². The molecule has 0 aliphatic heterocycles. The number of aromatic nitrogens is 2. The zero-order chi connectivity index (χ0) is 15.1. The summed E-state index contributed by atoms with van der Waals surface area (Å²) in [6.07, 6.45) is 1.65. The minimum atomic E-state index is -0.223. The van der Waals surface area contributed by atoms with Crippen molar-refractivity contribution in [3.8, 4) is 0 Å². The minimum Gasteiger partial charge on any atom is -0.385 e. The molecule has 2 rings (SSSR count). The van der Waals surface area contributed by atoms with E-state index in [0.717, 1.165) is 22.2 Å². The monoisotopic (exact) mass is 371 g/mol. The molecule has 0 bridgehead atoms. The molecule has 1 aromatic heterocycles. The van der Waals surface area contributed by atoms with Gasteiger partial charge in [-0.05, 0) is 37.1 Å². The second-order valence-electron chi connectivity index (χ2n) is 4.53. The van der Waals surface area contributed by atoms with Crippen molar-refractivity contribution in [3.63, 3.8) is 0 Å². The van der Waals surface area contributed by atoms with Gasteiger partial charge in [-0.2, -0.15) is 4.98 Å². The number of rotatable bonds is 8. The molecule has 7 heteroatoms. The van der Waals surface area contributed by atoms with E-state index in [0.29, 0.717) is 24.1 Å². The van der Waals surface area contributed by atoms with E-state index in [1.165, 1.54) is 0 Å². The average Bonchev–Trinajstić information content (AvgIpc) is 2.96. The fourth-order valence-corrected chi connectivity index (χ4v) is 2.73. The number of benzene rings is 1. The molecule has 1 atom stereocenters. The third-order valence-corrected chi connectivity index (χ3v) is 4.38. The van der Waals surface area contributed by atoms with E-state index in [4.69, 9.17) is 15.0 Å². The molecular weight excluding hydrogens is 354 g/mol. The molecule has 2 aromatic rings. The number of ether oxygens (including phenoxy) is 1. The van der Waals surface area contributed by atoms with Crippen LogP contribution in [0.5, 0.6) is 0 Å². The van der Waals surface area contributed by atoms with Gasteiger partial charge in [-0.3, -0.25) is 0 Å². The fourth-order valence-electron chi connectivity index (χ4n) is 1.73. The molecule has 5 nitrogen and oxygen atoms in total. The summed E-state index contributed by atoms with van der Waals surface area (Å²) in [6.45, 7) is 0.689. The molecule has 114 valence electrons. The predicted molar refractivity (Wildman–Crippen MR) is 86.0 cm³/mol. The van der Waals surface area contributed by atoms with Gasteiger partial charge in [-0.1, -0.05) is 21.1 Å². The second-order valence-corrected chi connectivity index (χ2v) is 6.50. The summed E-state index contributed by atoms with van der Waals surface area (Å²) in [5.41, 5.74) is 6.01. The van der Waals surface area contributed by atoms with Crippen molar-refractivity contribution in [2.45, 2.75) is 29.5 Å². The first-order valence-corrected chi connectivity index (χ1v) is 8.42. The van der Waals surface area contributed by atoms with Gasteiger partial charge in [0.15, 0.2) is 5.82 Å². The van der Waals surface area contributed by atoms with Gasteiger partial charge in [0.1, 0.15) is 0 Å². The third-order valence-electron chi connectivity index (χ3n) is 2.85. The molecule has 21 heavy (non-hydrogen) atoms. The smallest absolute Gasteiger partial charge is 0.243 e. The Hall–Kier alpha value is -0.890. The van der Waals surface area contributed by atoms with Crippen molar-refractivity contribution in [3.05, 3.63) is 40.5 Å². The van der Waals surface area contributed by atoms with Crippen LogP contribution in [0.4, 0.5) is 0 Å². The van der Waals surface area contributed by atoms with Crippen LogP contribution in [0.3, 0.4) is 0 Å². The van der Waals surface area contributed by atoms with Gasteiger partial charge in [-0.25, -0.2) is 0 Å². The first kappa shape index (κ1) is 16.5. The van der Waals surface area contributed by atoms with Crippen LogP contribution in [0.1, 0.15) is 30.6 Å². The van der Waals surface area contributed by atoms with Crippen LogP contribution in [-0.2, 0) is 10.5 Å². The molecule has 0 radical (unpaired) electrons. The van der Waals surface area contributed by atoms with Gasteiger partial charge >= 0.3 is 0 Å². The van der Waals surface area contributed by atoms with Gasteiger partial charge in [0.05, 0.1) is 11.8 Å². The summed E-state index contributed by atoms with van der Waals surface area (Å²) < 4.78 is 11.3. The molecule has 0 saturated carbocycles. The van der Waals surface area contributed by atoms with Gasteiger partial charge in [0.25, 0.3) is 0 Å². The first-order valence-electron chi connectivity index (χ1n) is 6.64. The predicted octanol–water partition coefficient (Wildman–Crippen LogP) is 3.55. The second kappa shape index (κ2) is 8.53. The maximum atomic E-state index is 6.01. The summed E-state index contributed by atoms with van der Waals surface area (Å²) in [4.78, 5) is 5.51. The molecular formula is C14H18BrN3O2S. The van der Waals surface area contributed by atoms with Gasteiger partial charge < -0.3 is 15.0 Å². The van der Waals surface area contributed by atoms with Crippen LogP contribution in [-0.4, -0.2) is 23.9 Å². The fraction of sp³-hybridized carbons (Fsp3) is 0.429. The van der Waals surface area contributed by atoms with E-state index < -0.39 is 0 Å². The number of methoxy groups -OCH3 is 1. The van der Waals surface area contributed by atoms with E-state index in [1.807, 2.05) is 24.3 Å². The molecule has 1 aromatic carbocycles. The number of halogens is 1. The summed E-state index contributed by atoms with van der Waals surface area (Å²) >= 11 is 5.08. The molecule has 0 amide bonds. The summed E-state index contributed by atoms with van der Waals surface area (Å²) in [5, 5.41) is 3.97. The highest BCUT2D eigenvalue weighted by Crippen LogP contribution is 2.24. The Morgan fingerprint density at radius 2 is 2.14 bits per heavy atom. The lowest BCUT2D eigenvalue weighted by molar-refractivity contribution is 0.188. The van der Waals surface area contributed by atoms with E-state index in [9.17, 15) is 0 Å². The Morgan fingerprint density at radius 3 is 2.86 bits per heavy atom. The zero-order valence-corrected chi connectivity index (χ0v) is 14.2. The van der Waals surface area contributed by atoms with Crippen molar-refractivity contribution >= 4 is 27.7 Å². The molecule has 1 unspecified atom stereocenters. The first-order chi connectivity index (χ1) is 10.2. The highest BCUT2D eigenvalue weighted by atomic mass is 79.9. The van der Waals surface area contributed by atoms with Crippen LogP contribution in [0.15, 0.2) is 38.2 Å². The van der Waals surface area contributed by atoms with Crippen molar-refractivity contribution in [2.24, 2.45) is 5.73 Å². The Balaban J connectivity index is 1.83. The van der Waals surface area contributed by atoms with Gasteiger partial charge in [-0.15, -0.1) is 11.8 Å². The van der Waals surface area contributed by atoms with Crippen LogP contribution in [0.25, 0.3) is 0 Å². The molecule has 1 heterocycles. The molecule has 0 spiro atoms. The number of nitrogens with zero attached hydrogens (tertiary/aromatic N) is 2. The topological polar surface area (TPSA) is 74.2 Å². The molecule has 0 aliphatic rings. The van der Waals surface area contributed by atoms with Crippen LogP contribution >= 0.6 is 27.7 Å². The standard InChI is InChI=1S/C14H18BrN3O2S/c1-19-8-2-3-12(16)14-17-13(18-20-14)9-21-11-6-4-10(15)5-7-11/h4-7,12H,2-3,8-9,16H2,1H3. The minimum absolute atomic E-state index is 0.223. The van der Waals surface area contributed by atoms with Crippen LogP contribution in [0, 0.1) is 0 Å². The van der Waals surface area contributed by atoms with Gasteiger partial charge in [0.2, 0.25) is 5.89 Å². The highest BCUT2D eigenvalue weighted by Gasteiger charge is 2.14. The third kappa shape index (κ3) is 5.43. The van der Waals surface area contributed by atoms with Crippen molar-refractivity contribution in [1.29, 1.82) is 0 Å². The van der Waals surface area contributed by atoms with E-state index in [1.54, 1.807) is 18.9 Å². The number of hydrogen-bond acceptors (Lipinski definition) is 6. The maximum Gasteiger partial charge on any atom is 0.243 e. The lowest BCUT2D eigenvalue weighted by atomic mass is 10.2. The zero-order valence-electron chi connectivity index (χ0n) is 11.8. The van der Waals surface area contributed by atoms with Crippen molar-refractivity contribution < 1.29 is 9.26 Å². The van der Waals surface area contributed by atoms with E-state index >= 15 is 0 Å². The van der Waals surface area contributed by atoms with Crippen LogP contribution in [0.2, 0.25) is 0 Å². The molecule has 0 aliphatic carbocycles. The van der Waals surface area contributed by atoms with Crippen molar-refractivity contribution in [2.75, 3.05) is 13.7 Å². The Morgan fingerprint density at radius 1 is 1.38 bits per heavy atom. The summed E-state index contributed by atoms with van der Waals surface area (Å²) in [6, 6.07) is 7.89. The maximum absolute atomic E-state index is 6.01. The Labute approximate surface area is 136 Å². The van der Waals surface area contributed by atoms with E-state index in [-0.39, 0.29) is 6.04 Å². The largest absolute Gasteiger partial charge is 0.385 e. The van der Waals surface area contributed by atoms with Crippen LogP contribution < -0.4 is 5.73 Å². The normalized spacial score (nSPS) is 12.5. The summed E-state index contributed by atoms with van der Waals surface area (Å²) in [5.74, 6) is 1.83. The number of nitrogens with two attached hydrogens (primary N) is 1. The highest BCUT2D eigenvalue weighted by molar-refractivity contribution is 9.10. The van der Waals surface area contributed by atoms with E-state index in [2.05, 4.69) is 26.1 Å². The quantitative estimate of drug-likeness (QED) is 0.564. The molecule has 0 fully saturated rings. The SMILES string of the molecule is COCCCC(N)c1nc(CSc2ccc(Br)cc2)no1. The Bertz CT molecular complexity index is 547. The average molecular weight is 372 g/mol. The van der Waals surface area contributed by atoms with Crippen molar-refractivity contribution in [1.82, 2.24) is 10.1 Å².